The number of alkyl halides is 2. The number of rotatable bonds is 10. The quantitative estimate of drug-likeness (QED) is 0.385. The van der Waals surface area contributed by atoms with Crippen LogP contribution >= 0.6 is 0 Å². The highest BCUT2D eigenvalue weighted by Crippen LogP contribution is 2.26. The second-order valence-corrected chi connectivity index (χ2v) is 7.21. The number of aliphatic hydroxyl groups excluding tert-OH is 1. The van der Waals surface area contributed by atoms with Crippen LogP contribution in [0.15, 0.2) is 24.7 Å². The number of piperidine rings is 1. The number of ether oxygens (including phenoxy) is 2. The zero-order valence-corrected chi connectivity index (χ0v) is 17.2. The first-order chi connectivity index (χ1) is 15.0. The van der Waals surface area contributed by atoms with Crippen LogP contribution in [0.5, 0.6) is 0 Å². The molecule has 1 aliphatic heterocycles. The summed E-state index contributed by atoms with van der Waals surface area (Å²) < 4.78 is 35.8. The fourth-order valence-corrected chi connectivity index (χ4v) is 3.35. The molecule has 0 radical (unpaired) electrons. The van der Waals surface area contributed by atoms with Gasteiger partial charge in [-0.05, 0) is 18.6 Å². The van der Waals surface area contributed by atoms with Crippen LogP contribution in [0.4, 0.5) is 14.6 Å². The minimum Gasteiger partial charge on any atom is -0.396 e. The van der Waals surface area contributed by atoms with E-state index in [9.17, 15) is 13.9 Å². The van der Waals surface area contributed by atoms with Crippen molar-refractivity contribution in [2.45, 2.75) is 19.0 Å². The Morgan fingerprint density at radius 1 is 1.35 bits per heavy atom. The van der Waals surface area contributed by atoms with Gasteiger partial charge in [0.05, 0.1) is 42.6 Å². The van der Waals surface area contributed by atoms with Gasteiger partial charge in [0.1, 0.15) is 18.0 Å². The van der Waals surface area contributed by atoms with E-state index in [2.05, 4.69) is 19.9 Å². The van der Waals surface area contributed by atoms with Crippen LogP contribution in [0.1, 0.15) is 12.2 Å². The molecule has 11 heteroatoms. The zero-order valence-electron chi connectivity index (χ0n) is 17.2. The number of halogens is 2. The summed E-state index contributed by atoms with van der Waals surface area (Å²) in [6.07, 6.45) is 3.19. The third kappa shape index (κ3) is 6.36. The van der Waals surface area contributed by atoms with Crippen molar-refractivity contribution in [3.63, 3.8) is 0 Å². The van der Waals surface area contributed by atoms with Crippen molar-refractivity contribution in [3.8, 4) is 11.4 Å². The fourth-order valence-electron chi connectivity index (χ4n) is 3.35. The molecule has 0 aromatic carbocycles. The molecule has 0 spiro atoms. The van der Waals surface area contributed by atoms with Gasteiger partial charge in [0.25, 0.3) is 6.43 Å². The summed E-state index contributed by atoms with van der Waals surface area (Å²) in [5.74, 6) is 1.09. The lowest BCUT2D eigenvalue weighted by Crippen LogP contribution is -2.46. The van der Waals surface area contributed by atoms with E-state index in [1.165, 1.54) is 12.4 Å². The van der Waals surface area contributed by atoms with Gasteiger partial charge in [0.15, 0.2) is 0 Å². The van der Waals surface area contributed by atoms with Gasteiger partial charge in [-0.2, -0.15) is 0 Å². The molecule has 0 aliphatic carbocycles. The van der Waals surface area contributed by atoms with Crippen LogP contribution < -0.4 is 4.90 Å². The highest BCUT2D eigenvalue weighted by atomic mass is 19.3. The molecule has 3 heterocycles. The maximum Gasteiger partial charge on any atom is 0.279 e. The van der Waals surface area contributed by atoms with Crippen molar-refractivity contribution < 1.29 is 23.4 Å². The molecule has 3 rings (SSSR count). The summed E-state index contributed by atoms with van der Waals surface area (Å²) in [5, 5.41) is 16.9. The summed E-state index contributed by atoms with van der Waals surface area (Å²) >= 11 is 0. The van der Waals surface area contributed by atoms with Gasteiger partial charge in [0.2, 0.25) is 0 Å². The summed E-state index contributed by atoms with van der Waals surface area (Å²) in [7, 11) is 1.62. The van der Waals surface area contributed by atoms with Crippen LogP contribution in [0.2, 0.25) is 0 Å². The van der Waals surface area contributed by atoms with Crippen LogP contribution in [0, 0.1) is 11.3 Å². The summed E-state index contributed by atoms with van der Waals surface area (Å²) in [5.41, 5.74) is 0.396. The van der Waals surface area contributed by atoms with E-state index < -0.39 is 12.1 Å². The summed E-state index contributed by atoms with van der Waals surface area (Å²) in [6.45, 7) is 2.32. The Morgan fingerprint density at radius 2 is 2.19 bits per heavy atom. The molecule has 3 N–H and O–H groups in total. The first-order valence-electron chi connectivity index (χ1n) is 9.88. The second-order valence-electron chi connectivity index (χ2n) is 7.21. The van der Waals surface area contributed by atoms with Gasteiger partial charge in [-0.1, -0.05) is 0 Å². The van der Waals surface area contributed by atoms with E-state index in [1.54, 1.807) is 19.4 Å². The first-order valence-corrected chi connectivity index (χ1v) is 9.88. The Morgan fingerprint density at radius 3 is 2.94 bits per heavy atom. The SMILES string of the molecule is COCCOC1CC(CO)CN(c2cc(-c3cnc(/C=C\C(=N)C(F)F)[nH]3)ncn2)C1. The largest absolute Gasteiger partial charge is 0.396 e. The van der Waals surface area contributed by atoms with Crippen molar-refractivity contribution in [2.75, 3.05) is 44.9 Å². The number of anilines is 1. The molecule has 0 amide bonds. The number of H-pyrrole nitrogens is 1. The van der Waals surface area contributed by atoms with Crippen molar-refractivity contribution in [1.82, 2.24) is 19.9 Å². The average Bonchev–Trinajstić information content (AvgIpc) is 3.26. The van der Waals surface area contributed by atoms with Crippen LogP contribution in [0.3, 0.4) is 0 Å². The number of aromatic amines is 1. The third-order valence-corrected chi connectivity index (χ3v) is 4.90. The summed E-state index contributed by atoms with van der Waals surface area (Å²) in [4.78, 5) is 17.8. The topological polar surface area (TPSA) is 120 Å². The molecule has 2 atom stereocenters. The second kappa shape index (κ2) is 11.0. The standard InChI is InChI=1S/C20H26F2N6O3/c1-30-4-5-31-14-6-13(11-29)9-28(10-14)19-7-16(25-12-26-19)17-8-24-18(27-17)3-2-15(23)20(21)22/h2-3,7-8,12-14,20,23,29H,4-6,9-11H2,1H3,(H,24,27)/b3-2-,23-15?. The van der Waals surface area contributed by atoms with Crippen molar-refractivity contribution in [3.05, 3.63) is 30.5 Å². The molecule has 2 aromatic rings. The Balaban J connectivity index is 1.73. The normalized spacial score (nSPS) is 19.5. The minimum absolute atomic E-state index is 0.0477. The van der Waals surface area contributed by atoms with Crippen LogP contribution in [-0.4, -0.2) is 83.3 Å². The number of methoxy groups -OCH3 is 1. The lowest BCUT2D eigenvalue weighted by atomic mass is 9.96. The average molecular weight is 436 g/mol. The predicted molar refractivity (Wildman–Crippen MR) is 111 cm³/mol. The van der Waals surface area contributed by atoms with Crippen molar-refractivity contribution in [2.24, 2.45) is 5.92 Å². The molecule has 2 aromatic heterocycles. The molecule has 168 valence electrons. The molecule has 31 heavy (non-hydrogen) atoms. The van der Waals surface area contributed by atoms with Gasteiger partial charge in [-0.3, -0.25) is 5.41 Å². The highest BCUT2D eigenvalue weighted by Gasteiger charge is 2.28. The molecule has 2 unspecified atom stereocenters. The predicted octanol–water partition coefficient (Wildman–Crippen LogP) is 2.01. The number of nitrogens with one attached hydrogen (secondary N) is 2. The minimum atomic E-state index is -2.83. The zero-order chi connectivity index (χ0) is 22.2. The van der Waals surface area contributed by atoms with E-state index in [1.807, 2.05) is 4.90 Å². The maximum atomic E-state index is 12.4. The van der Waals surface area contributed by atoms with Gasteiger partial charge in [0, 0.05) is 38.8 Å². The van der Waals surface area contributed by atoms with E-state index in [4.69, 9.17) is 14.9 Å². The fraction of sp³-hybridized carbons (Fsp3) is 0.500. The first kappa shape index (κ1) is 22.9. The molecule has 1 aliphatic rings. The number of aromatic nitrogens is 4. The van der Waals surface area contributed by atoms with E-state index in [0.717, 1.165) is 12.5 Å². The highest BCUT2D eigenvalue weighted by molar-refractivity contribution is 5.97. The third-order valence-electron chi connectivity index (χ3n) is 4.90. The molecule has 9 nitrogen and oxygen atoms in total. The van der Waals surface area contributed by atoms with E-state index in [0.29, 0.717) is 49.3 Å². The van der Waals surface area contributed by atoms with Crippen LogP contribution in [-0.2, 0) is 9.47 Å². The molecular formula is C20H26F2N6O3. The van der Waals surface area contributed by atoms with Crippen molar-refractivity contribution >= 4 is 17.6 Å². The Labute approximate surface area is 178 Å². The lowest BCUT2D eigenvalue weighted by Gasteiger charge is -2.37. The van der Waals surface area contributed by atoms with Gasteiger partial charge < -0.3 is 24.5 Å². The Kier molecular flexibility index (Phi) is 8.15. The van der Waals surface area contributed by atoms with Crippen molar-refractivity contribution in [1.29, 1.82) is 5.41 Å². The Bertz CT molecular complexity index is 891. The number of hydrogen-bond donors (Lipinski definition) is 3. The van der Waals surface area contributed by atoms with E-state index in [-0.39, 0.29) is 18.6 Å². The molecule has 0 saturated carbocycles. The molecule has 1 fully saturated rings. The van der Waals surface area contributed by atoms with E-state index >= 15 is 0 Å². The molecule has 0 bridgehead atoms. The molecular weight excluding hydrogens is 410 g/mol. The monoisotopic (exact) mass is 436 g/mol. The lowest BCUT2D eigenvalue weighted by molar-refractivity contribution is -0.00406. The van der Waals surface area contributed by atoms with Gasteiger partial charge in [-0.25, -0.2) is 23.7 Å². The Hall–Kier alpha value is -2.76. The smallest absolute Gasteiger partial charge is 0.279 e. The number of allylic oxidation sites excluding steroid dienone is 1. The number of aliphatic hydroxyl groups is 1. The number of imidazole rings is 1. The summed E-state index contributed by atoms with van der Waals surface area (Å²) in [6, 6.07) is 1.80. The van der Waals surface area contributed by atoms with Crippen LogP contribution in [0.25, 0.3) is 17.5 Å². The van der Waals surface area contributed by atoms with Gasteiger partial charge in [-0.15, -0.1) is 0 Å². The molecule has 1 saturated heterocycles. The number of nitrogens with zero attached hydrogens (tertiary/aromatic N) is 4. The maximum absolute atomic E-state index is 12.4. The van der Waals surface area contributed by atoms with Gasteiger partial charge >= 0.3 is 0 Å². The number of hydrogen-bond acceptors (Lipinski definition) is 8.